The maximum Gasteiger partial charge on any atom is 0.253 e. The summed E-state index contributed by atoms with van der Waals surface area (Å²) in [6.07, 6.45) is 10.3. The van der Waals surface area contributed by atoms with Crippen LogP contribution in [0.1, 0.15) is 107 Å². The van der Waals surface area contributed by atoms with E-state index >= 15 is 0 Å². The van der Waals surface area contributed by atoms with Gasteiger partial charge in [-0.1, -0.05) is 46.1 Å². The number of benzene rings is 1. The molecule has 3 aliphatic rings. The lowest BCUT2D eigenvalue weighted by Gasteiger charge is -2.26. The molecule has 1 aliphatic heterocycles. The van der Waals surface area contributed by atoms with Gasteiger partial charge in [-0.25, -0.2) is 8.93 Å². The standard InChI is InChI=1S/C32H47N3O3S/c1-22-26(30(36)33-25-13-17-38-18-14-25)20-28(35(22)21-23-9-7-6-8-10-23)24-11-12-29(27(19-24)31(2,3)4)39(37)34-32(5)15-16-32/h11-12,19-20,23,25,34H,6-10,13-18,21H2,1-5H3,(H,33,36). The molecule has 2 aromatic rings. The number of nitrogens with zero attached hydrogens (tertiary/aromatic N) is 1. The molecule has 2 saturated carbocycles. The third-order valence-corrected chi connectivity index (χ3v) is 10.4. The van der Waals surface area contributed by atoms with E-state index in [-0.39, 0.29) is 22.9 Å². The highest BCUT2D eigenvalue weighted by molar-refractivity contribution is 7.83. The minimum Gasteiger partial charge on any atom is -0.381 e. The smallest absolute Gasteiger partial charge is 0.253 e. The van der Waals surface area contributed by atoms with Crippen LogP contribution in [0.3, 0.4) is 0 Å². The molecule has 2 N–H and O–H groups in total. The summed E-state index contributed by atoms with van der Waals surface area (Å²) < 4.78 is 24.6. The molecule has 1 saturated heterocycles. The number of nitrogens with one attached hydrogen (secondary N) is 2. The molecule has 1 aromatic heterocycles. The SMILES string of the molecule is Cc1c(C(=O)NC2CCOCC2)cc(-c2ccc(S(=O)NC3(C)CC3)c(C(C)(C)C)c2)n1CC1CCCCC1. The van der Waals surface area contributed by atoms with Gasteiger partial charge in [-0.05, 0) is 93.0 Å². The van der Waals surface area contributed by atoms with Gasteiger partial charge in [-0.3, -0.25) is 4.79 Å². The molecule has 3 fully saturated rings. The zero-order chi connectivity index (χ0) is 27.8. The summed E-state index contributed by atoms with van der Waals surface area (Å²) >= 11 is 0. The van der Waals surface area contributed by atoms with Crippen molar-refractivity contribution >= 4 is 16.9 Å². The minimum atomic E-state index is -1.27. The van der Waals surface area contributed by atoms with E-state index in [1.165, 1.54) is 32.1 Å². The van der Waals surface area contributed by atoms with Crippen LogP contribution in [-0.4, -0.2) is 39.5 Å². The Balaban J connectivity index is 1.52. The van der Waals surface area contributed by atoms with Crippen molar-refractivity contribution in [2.45, 2.75) is 121 Å². The van der Waals surface area contributed by atoms with E-state index in [0.717, 1.165) is 65.2 Å². The van der Waals surface area contributed by atoms with Gasteiger partial charge in [0.2, 0.25) is 0 Å². The number of rotatable bonds is 8. The molecule has 1 amide bonds. The Morgan fingerprint density at radius 3 is 2.41 bits per heavy atom. The summed E-state index contributed by atoms with van der Waals surface area (Å²) in [5.41, 5.74) is 4.87. The van der Waals surface area contributed by atoms with E-state index in [9.17, 15) is 9.00 Å². The second-order valence-corrected chi connectivity index (χ2v) is 14.6. The highest BCUT2D eigenvalue weighted by Gasteiger charge is 2.39. The number of carbonyl (C=O) groups excluding carboxylic acids is 1. The highest BCUT2D eigenvalue weighted by Crippen LogP contribution is 2.38. The first-order chi connectivity index (χ1) is 18.5. The van der Waals surface area contributed by atoms with Crippen molar-refractivity contribution in [3.8, 4) is 11.3 Å². The van der Waals surface area contributed by atoms with Gasteiger partial charge in [0.05, 0.1) is 10.5 Å². The molecule has 0 radical (unpaired) electrons. The fourth-order valence-corrected chi connectivity index (χ4v) is 7.61. The quantitative estimate of drug-likeness (QED) is 0.397. The fourth-order valence-electron chi connectivity index (χ4n) is 6.09. The van der Waals surface area contributed by atoms with Gasteiger partial charge in [0.15, 0.2) is 0 Å². The molecule has 1 aromatic carbocycles. The van der Waals surface area contributed by atoms with Gasteiger partial charge >= 0.3 is 0 Å². The average molecular weight is 554 g/mol. The maximum absolute atomic E-state index is 13.5. The van der Waals surface area contributed by atoms with Crippen LogP contribution in [0, 0.1) is 12.8 Å². The van der Waals surface area contributed by atoms with Crippen molar-refractivity contribution in [2.24, 2.45) is 5.92 Å². The molecule has 0 spiro atoms. The van der Waals surface area contributed by atoms with Crippen molar-refractivity contribution in [1.29, 1.82) is 0 Å². The Hall–Kier alpha value is -1.96. The Bertz CT molecular complexity index is 1210. The van der Waals surface area contributed by atoms with Gasteiger partial charge in [0, 0.05) is 42.7 Å². The minimum absolute atomic E-state index is 0.0127. The van der Waals surface area contributed by atoms with Gasteiger partial charge in [0.1, 0.15) is 11.0 Å². The predicted octanol–water partition coefficient (Wildman–Crippen LogP) is 6.41. The molecule has 5 rings (SSSR count). The van der Waals surface area contributed by atoms with Crippen LogP contribution in [0.5, 0.6) is 0 Å². The predicted molar refractivity (Wildman–Crippen MR) is 158 cm³/mol. The summed E-state index contributed by atoms with van der Waals surface area (Å²) in [5.74, 6) is 0.644. The third-order valence-electron chi connectivity index (χ3n) is 8.96. The number of hydrogen-bond donors (Lipinski definition) is 2. The van der Waals surface area contributed by atoms with Gasteiger partial charge in [0.25, 0.3) is 5.91 Å². The van der Waals surface area contributed by atoms with Crippen molar-refractivity contribution < 1.29 is 13.7 Å². The number of amides is 1. The van der Waals surface area contributed by atoms with E-state index in [4.69, 9.17) is 4.74 Å². The number of ether oxygens (including phenoxy) is 1. The third kappa shape index (κ3) is 6.68. The summed E-state index contributed by atoms with van der Waals surface area (Å²) in [5, 5.41) is 3.28. The molecule has 2 aliphatic carbocycles. The van der Waals surface area contributed by atoms with Crippen LogP contribution in [0.2, 0.25) is 0 Å². The Labute approximate surface area is 237 Å². The van der Waals surface area contributed by atoms with E-state index in [1.807, 2.05) is 6.07 Å². The first-order valence-electron chi connectivity index (χ1n) is 15.0. The number of hydrogen-bond acceptors (Lipinski definition) is 3. The molecule has 2 heterocycles. The molecular formula is C32H47N3O3S. The number of carbonyl (C=O) groups is 1. The highest BCUT2D eigenvalue weighted by atomic mass is 32.2. The van der Waals surface area contributed by atoms with Crippen molar-refractivity contribution in [3.63, 3.8) is 0 Å². The van der Waals surface area contributed by atoms with Crippen LogP contribution in [0.15, 0.2) is 29.2 Å². The lowest BCUT2D eigenvalue weighted by atomic mass is 9.85. The molecule has 214 valence electrons. The zero-order valence-corrected chi connectivity index (χ0v) is 25.3. The van der Waals surface area contributed by atoms with Crippen molar-refractivity contribution in [2.75, 3.05) is 13.2 Å². The van der Waals surface area contributed by atoms with Crippen molar-refractivity contribution in [3.05, 3.63) is 41.1 Å². The normalized spacial score (nSPS) is 21.1. The van der Waals surface area contributed by atoms with Crippen LogP contribution in [-0.2, 0) is 27.7 Å². The van der Waals surface area contributed by atoms with Crippen LogP contribution < -0.4 is 10.0 Å². The average Bonchev–Trinajstić information content (AvgIpc) is 3.55. The first-order valence-corrected chi connectivity index (χ1v) is 16.1. The molecule has 1 atom stereocenters. The first kappa shape index (κ1) is 28.6. The second-order valence-electron chi connectivity index (χ2n) is 13.4. The Morgan fingerprint density at radius 1 is 1.08 bits per heavy atom. The van der Waals surface area contributed by atoms with Gasteiger partial charge < -0.3 is 14.6 Å². The lowest BCUT2D eigenvalue weighted by Crippen LogP contribution is -2.39. The van der Waals surface area contributed by atoms with E-state index < -0.39 is 11.0 Å². The molecule has 7 heteroatoms. The van der Waals surface area contributed by atoms with Gasteiger partial charge in [-0.15, -0.1) is 0 Å². The summed E-state index contributed by atoms with van der Waals surface area (Å²) in [6.45, 7) is 13.1. The maximum atomic E-state index is 13.5. The topological polar surface area (TPSA) is 72.4 Å². The zero-order valence-electron chi connectivity index (χ0n) is 24.5. The van der Waals surface area contributed by atoms with Crippen molar-refractivity contribution in [1.82, 2.24) is 14.6 Å². The Morgan fingerprint density at radius 2 is 1.77 bits per heavy atom. The lowest BCUT2D eigenvalue weighted by molar-refractivity contribution is 0.0696. The fraction of sp³-hybridized carbons (Fsp3) is 0.656. The largest absolute Gasteiger partial charge is 0.381 e. The van der Waals surface area contributed by atoms with Crippen LogP contribution in [0.4, 0.5) is 0 Å². The molecule has 0 bridgehead atoms. The van der Waals surface area contributed by atoms with Gasteiger partial charge in [-0.2, -0.15) is 0 Å². The monoisotopic (exact) mass is 553 g/mol. The number of aromatic nitrogens is 1. The molecule has 39 heavy (non-hydrogen) atoms. The van der Waals surface area contributed by atoms with E-state index in [2.05, 4.69) is 67.4 Å². The second kappa shape index (κ2) is 11.5. The summed E-state index contributed by atoms with van der Waals surface area (Å²) in [6, 6.07) is 8.62. The molecular weight excluding hydrogens is 506 g/mol. The van der Waals surface area contributed by atoms with Crippen LogP contribution >= 0.6 is 0 Å². The van der Waals surface area contributed by atoms with Crippen LogP contribution in [0.25, 0.3) is 11.3 Å². The molecule has 6 nitrogen and oxygen atoms in total. The van der Waals surface area contributed by atoms with E-state index in [1.54, 1.807) is 0 Å². The summed E-state index contributed by atoms with van der Waals surface area (Å²) in [4.78, 5) is 14.4. The molecule has 1 unspecified atom stereocenters. The Kier molecular flexibility index (Phi) is 8.42. The van der Waals surface area contributed by atoms with E-state index in [0.29, 0.717) is 19.1 Å². The summed E-state index contributed by atoms with van der Waals surface area (Å²) in [7, 11) is -1.27.